The molecule has 2 aliphatic heterocycles. The Morgan fingerprint density at radius 2 is 2.10 bits per heavy atom. The van der Waals surface area contributed by atoms with Gasteiger partial charge in [-0.05, 0) is 38.8 Å². The van der Waals surface area contributed by atoms with Crippen molar-refractivity contribution >= 4 is 0 Å². The Hall–Kier alpha value is -1.04. The van der Waals surface area contributed by atoms with E-state index in [1.807, 2.05) is 12.3 Å². The van der Waals surface area contributed by atoms with Crippen molar-refractivity contribution in [3.63, 3.8) is 0 Å². The maximum atomic E-state index is 5.66. The Bertz CT molecular complexity index is 429. The summed E-state index contributed by atoms with van der Waals surface area (Å²) in [6.45, 7) is 3.45. The molecule has 20 heavy (non-hydrogen) atoms. The Balaban J connectivity index is 1.62. The molecule has 0 spiro atoms. The van der Waals surface area contributed by atoms with Crippen molar-refractivity contribution in [2.24, 2.45) is 0 Å². The number of rotatable bonds is 4. The van der Waals surface area contributed by atoms with Crippen LogP contribution in [0.1, 0.15) is 43.3 Å². The Labute approximate surface area is 120 Å². The molecule has 2 aliphatic rings. The third-order valence-electron chi connectivity index (χ3n) is 4.18. The third-order valence-corrected chi connectivity index (χ3v) is 4.18. The molecule has 1 aromatic heterocycles. The average Bonchev–Trinajstić information content (AvgIpc) is 3.03. The maximum absolute atomic E-state index is 5.66. The molecule has 1 atom stereocenters. The number of hydrogen-bond acceptors (Lipinski definition) is 5. The van der Waals surface area contributed by atoms with Gasteiger partial charge in [-0.15, -0.1) is 0 Å². The van der Waals surface area contributed by atoms with Crippen molar-refractivity contribution in [3.05, 3.63) is 23.8 Å². The van der Waals surface area contributed by atoms with Gasteiger partial charge < -0.3 is 9.47 Å². The van der Waals surface area contributed by atoms with Crippen LogP contribution in [0.3, 0.4) is 0 Å². The van der Waals surface area contributed by atoms with Gasteiger partial charge >= 0.3 is 0 Å². The first-order valence-corrected chi connectivity index (χ1v) is 7.54. The van der Waals surface area contributed by atoms with Crippen LogP contribution in [0.2, 0.25) is 0 Å². The first kappa shape index (κ1) is 13.9. The summed E-state index contributed by atoms with van der Waals surface area (Å²) in [7, 11) is 2.17. The fourth-order valence-electron chi connectivity index (χ4n) is 2.95. The van der Waals surface area contributed by atoms with Crippen molar-refractivity contribution in [2.45, 2.75) is 44.4 Å². The second-order valence-electron chi connectivity index (χ2n) is 5.67. The third kappa shape index (κ3) is 3.34. The lowest BCUT2D eigenvalue weighted by atomic mass is 10.1. The van der Waals surface area contributed by atoms with E-state index in [2.05, 4.69) is 21.9 Å². The van der Waals surface area contributed by atoms with Crippen LogP contribution in [-0.4, -0.2) is 47.8 Å². The highest BCUT2D eigenvalue weighted by atomic mass is 16.5. The van der Waals surface area contributed by atoms with Crippen LogP contribution in [0.15, 0.2) is 12.3 Å². The topological polar surface area (TPSA) is 47.5 Å². The van der Waals surface area contributed by atoms with Crippen molar-refractivity contribution < 1.29 is 9.47 Å². The second-order valence-corrected chi connectivity index (χ2v) is 5.67. The average molecular weight is 277 g/mol. The van der Waals surface area contributed by atoms with E-state index in [1.165, 1.54) is 0 Å². The van der Waals surface area contributed by atoms with Gasteiger partial charge in [0.2, 0.25) is 0 Å². The molecule has 0 radical (unpaired) electrons. The lowest BCUT2D eigenvalue weighted by Gasteiger charge is -2.30. The van der Waals surface area contributed by atoms with Crippen LogP contribution in [0.4, 0.5) is 0 Å². The number of nitrogens with zero attached hydrogens (tertiary/aromatic N) is 3. The van der Waals surface area contributed by atoms with Gasteiger partial charge in [-0.2, -0.15) is 0 Å². The van der Waals surface area contributed by atoms with Crippen molar-refractivity contribution in [1.82, 2.24) is 14.9 Å². The molecule has 1 aromatic rings. The van der Waals surface area contributed by atoms with Crippen LogP contribution in [0, 0.1) is 0 Å². The molecular weight excluding hydrogens is 254 g/mol. The largest absolute Gasteiger partial charge is 0.381 e. The first-order chi connectivity index (χ1) is 9.83. The molecule has 0 amide bonds. The molecule has 2 fully saturated rings. The van der Waals surface area contributed by atoms with Gasteiger partial charge in [0.15, 0.2) is 5.82 Å². The zero-order valence-corrected chi connectivity index (χ0v) is 12.1. The van der Waals surface area contributed by atoms with E-state index in [9.17, 15) is 0 Å². The number of ether oxygens (including phenoxy) is 2. The van der Waals surface area contributed by atoms with E-state index in [0.717, 1.165) is 63.6 Å². The van der Waals surface area contributed by atoms with E-state index >= 15 is 0 Å². The summed E-state index contributed by atoms with van der Waals surface area (Å²) in [5.41, 5.74) is 1.08. The molecule has 0 unspecified atom stereocenters. The molecule has 0 saturated carbocycles. The molecule has 110 valence electrons. The molecule has 0 bridgehead atoms. The van der Waals surface area contributed by atoms with E-state index < -0.39 is 0 Å². The number of hydrogen-bond donors (Lipinski definition) is 0. The highest BCUT2D eigenvalue weighted by Crippen LogP contribution is 2.25. The molecule has 0 aromatic carbocycles. The second kappa shape index (κ2) is 6.61. The summed E-state index contributed by atoms with van der Waals surface area (Å²) >= 11 is 0. The quantitative estimate of drug-likeness (QED) is 0.841. The van der Waals surface area contributed by atoms with Gasteiger partial charge in [-0.25, -0.2) is 9.97 Å². The lowest BCUT2D eigenvalue weighted by molar-refractivity contribution is 0.0402. The monoisotopic (exact) mass is 277 g/mol. The summed E-state index contributed by atoms with van der Waals surface area (Å²) in [5.74, 6) is 0.848. The molecule has 3 heterocycles. The van der Waals surface area contributed by atoms with Crippen LogP contribution in [0.5, 0.6) is 0 Å². The molecular formula is C15H23N3O2. The predicted octanol–water partition coefficient (Wildman–Crippen LogP) is 1.94. The molecule has 5 heteroatoms. The smallest absolute Gasteiger partial charge is 0.157 e. The van der Waals surface area contributed by atoms with Crippen molar-refractivity contribution in [3.8, 4) is 0 Å². The van der Waals surface area contributed by atoms with Crippen molar-refractivity contribution in [1.29, 1.82) is 0 Å². The van der Waals surface area contributed by atoms with Crippen LogP contribution >= 0.6 is 0 Å². The summed E-state index contributed by atoms with van der Waals surface area (Å²) in [4.78, 5) is 11.4. The van der Waals surface area contributed by atoms with Crippen LogP contribution < -0.4 is 0 Å². The lowest BCUT2D eigenvalue weighted by Crippen LogP contribution is -2.36. The molecule has 5 nitrogen and oxygen atoms in total. The minimum Gasteiger partial charge on any atom is -0.381 e. The molecule has 0 N–H and O–H groups in total. The maximum Gasteiger partial charge on any atom is 0.157 e. The van der Waals surface area contributed by atoms with Gasteiger partial charge in [0.05, 0.1) is 5.69 Å². The predicted molar refractivity (Wildman–Crippen MR) is 75.3 cm³/mol. The summed E-state index contributed by atoms with van der Waals surface area (Å²) < 4.78 is 11.1. The SMILES string of the molecule is CN(Cc1ccnc([C@@H]2CCCO2)n1)C1CCOCC1. The summed E-state index contributed by atoms with van der Waals surface area (Å²) in [6, 6.07) is 2.61. The fraction of sp³-hybridized carbons (Fsp3) is 0.733. The summed E-state index contributed by atoms with van der Waals surface area (Å²) in [5, 5.41) is 0. The molecule has 0 aliphatic carbocycles. The van der Waals surface area contributed by atoms with Gasteiger partial charge in [0.1, 0.15) is 6.10 Å². The molecule has 2 saturated heterocycles. The van der Waals surface area contributed by atoms with E-state index in [0.29, 0.717) is 6.04 Å². The van der Waals surface area contributed by atoms with Crippen molar-refractivity contribution in [2.75, 3.05) is 26.9 Å². The standard InChI is InChI=1S/C15H23N3O2/c1-18(13-5-9-19-10-6-13)11-12-4-7-16-15(17-12)14-3-2-8-20-14/h4,7,13-14H,2-3,5-6,8-11H2,1H3/t14-/m0/s1. The number of aromatic nitrogens is 2. The Morgan fingerprint density at radius 1 is 1.25 bits per heavy atom. The highest BCUT2D eigenvalue weighted by molar-refractivity contribution is 5.05. The molecule has 3 rings (SSSR count). The fourth-order valence-corrected chi connectivity index (χ4v) is 2.95. The van der Waals surface area contributed by atoms with Crippen LogP contribution in [-0.2, 0) is 16.0 Å². The minimum atomic E-state index is 0.100. The van der Waals surface area contributed by atoms with E-state index in [4.69, 9.17) is 9.47 Å². The zero-order chi connectivity index (χ0) is 13.8. The Kier molecular flexibility index (Phi) is 4.60. The van der Waals surface area contributed by atoms with E-state index in [1.54, 1.807) is 0 Å². The van der Waals surface area contributed by atoms with Gasteiger partial charge in [-0.1, -0.05) is 0 Å². The Morgan fingerprint density at radius 3 is 2.85 bits per heavy atom. The van der Waals surface area contributed by atoms with Gasteiger partial charge in [-0.3, -0.25) is 4.90 Å². The zero-order valence-electron chi connectivity index (χ0n) is 12.1. The van der Waals surface area contributed by atoms with Gasteiger partial charge in [0.25, 0.3) is 0 Å². The first-order valence-electron chi connectivity index (χ1n) is 7.54. The van der Waals surface area contributed by atoms with E-state index in [-0.39, 0.29) is 6.10 Å². The van der Waals surface area contributed by atoms with Crippen LogP contribution in [0.25, 0.3) is 0 Å². The minimum absolute atomic E-state index is 0.100. The summed E-state index contributed by atoms with van der Waals surface area (Å²) in [6.07, 6.45) is 6.33. The normalized spacial score (nSPS) is 24.4. The highest BCUT2D eigenvalue weighted by Gasteiger charge is 2.22. The van der Waals surface area contributed by atoms with Gasteiger partial charge in [0, 0.05) is 38.6 Å².